The SMILES string of the molecule is COCCCCCNS(=O)(=O)c1cc(N)c(Br)cc1F. The fourth-order valence-corrected chi connectivity index (χ4v) is 3.07. The van der Waals surface area contributed by atoms with E-state index in [0.29, 0.717) is 17.5 Å². The van der Waals surface area contributed by atoms with Crippen LogP contribution in [0.2, 0.25) is 0 Å². The van der Waals surface area contributed by atoms with E-state index < -0.39 is 20.7 Å². The highest BCUT2D eigenvalue weighted by Gasteiger charge is 2.20. The van der Waals surface area contributed by atoms with Gasteiger partial charge in [0.05, 0.1) is 0 Å². The molecule has 1 aromatic rings. The quantitative estimate of drug-likeness (QED) is 0.544. The molecule has 0 unspecified atom stereocenters. The summed E-state index contributed by atoms with van der Waals surface area (Å²) < 4.78 is 45.2. The molecule has 20 heavy (non-hydrogen) atoms. The summed E-state index contributed by atoms with van der Waals surface area (Å²) in [7, 11) is -2.27. The van der Waals surface area contributed by atoms with Gasteiger partial charge >= 0.3 is 0 Å². The molecule has 8 heteroatoms. The molecule has 5 nitrogen and oxygen atoms in total. The Hall–Kier alpha value is -0.700. The maximum absolute atomic E-state index is 13.7. The van der Waals surface area contributed by atoms with Crippen molar-refractivity contribution in [2.24, 2.45) is 0 Å². The zero-order valence-corrected chi connectivity index (χ0v) is 13.6. The highest BCUT2D eigenvalue weighted by Crippen LogP contribution is 2.25. The fraction of sp³-hybridized carbons (Fsp3) is 0.500. The predicted molar refractivity (Wildman–Crippen MR) is 79.4 cm³/mol. The van der Waals surface area contributed by atoms with E-state index in [-0.39, 0.29) is 12.2 Å². The zero-order valence-electron chi connectivity index (χ0n) is 11.2. The van der Waals surface area contributed by atoms with Gasteiger partial charge in [-0.3, -0.25) is 0 Å². The van der Waals surface area contributed by atoms with Gasteiger partial charge < -0.3 is 10.5 Å². The third kappa shape index (κ3) is 5.01. The second-order valence-electron chi connectivity index (χ2n) is 4.26. The van der Waals surface area contributed by atoms with E-state index in [1.807, 2.05) is 0 Å². The number of anilines is 1. The molecule has 0 aliphatic rings. The van der Waals surface area contributed by atoms with Gasteiger partial charge in [0.15, 0.2) is 0 Å². The van der Waals surface area contributed by atoms with Gasteiger partial charge in [0.25, 0.3) is 0 Å². The maximum Gasteiger partial charge on any atom is 0.243 e. The first-order chi connectivity index (χ1) is 9.38. The molecule has 114 valence electrons. The minimum atomic E-state index is -3.88. The van der Waals surface area contributed by atoms with Crippen molar-refractivity contribution >= 4 is 31.6 Å². The van der Waals surface area contributed by atoms with Gasteiger partial charge in [0.2, 0.25) is 10.0 Å². The molecule has 0 heterocycles. The number of halogens is 2. The van der Waals surface area contributed by atoms with E-state index in [4.69, 9.17) is 10.5 Å². The summed E-state index contributed by atoms with van der Waals surface area (Å²) in [5, 5.41) is 0. The van der Waals surface area contributed by atoms with E-state index in [2.05, 4.69) is 20.7 Å². The van der Waals surface area contributed by atoms with Crippen LogP contribution in [0.5, 0.6) is 0 Å². The van der Waals surface area contributed by atoms with Crippen LogP contribution in [-0.4, -0.2) is 28.7 Å². The Kier molecular flexibility index (Phi) is 6.87. The maximum atomic E-state index is 13.7. The lowest BCUT2D eigenvalue weighted by molar-refractivity contribution is 0.192. The highest BCUT2D eigenvalue weighted by molar-refractivity contribution is 9.10. The summed E-state index contributed by atoms with van der Waals surface area (Å²) >= 11 is 3.04. The summed E-state index contributed by atoms with van der Waals surface area (Å²) in [6, 6.07) is 2.15. The van der Waals surface area contributed by atoms with Crippen molar-refractivity contribution in [2.45, 2.75) is 24.2 Å². The molecule has 0 spiro atoms. The van der Waals surface area contributed by atoms with Gasteiger partial charge in [-0.1, -0.05) is 0 Å². The normalized spacial score (nSPS) is 11.8. The molecule has 0 atom stereocenters. The number of unbranched alkanes of at least 4 members (excludes halogenated alkanes) is 2. The minimum absolute atomic E-state index is 0.173. The van der Waals surface area contributed by atoms with E-state index in [1.165, 1.54) is 0 Å². The molecule has 0 radical (unpaired) electrons. The number of nitrogen functional groups attached to an aromatic ring is 1. The Morgan fingerprint density at radius 2 is 2.05 bits per heavy atom. The van der Waals surface area contributed by atoms with Crippen molar-refractivity contribution < 1.29 is 17.5 Å². The van der Waals surface area contributed by atoms with Crippen LogP contribution in [0.1, 0.15) is 19.3 Å². The molecule has 0 bridgehead atoms. The number of hydrogen-bond donors (Lipinski definition) is 2. The molecule has 0 saturated heterocycles. The van der Waals surface area contributed by atoms with Crippen LogP contribution in [0.3, 0.4) is 0 Å². The molecular weight excluding hydrogens is 351 g/mol. The van der Waals surface area contributed by atoms with E-state index in [0.717, 1.165) is 25.0 Å². The summed E-state index contributed by atoms with van der Waals surface area (Å²) in [4.78, 5) is -0.435. The lowest BCUT2D eigenvalue weighted by Crippen LogP contribution is -2.26. The predicted octanol–water partition coefficient (Wildman–Crippen LogP) is 2.27. The molecule has 0 aromatic heterocycles. The van der Waals surface area contributed by atoms with Crippen LogP contribution in [0.15, 0.2) is 21.5 Å². The third-order valence-corrected chi connectivity index (χ3v) is 4.82. The topological polar surface area (TPSA) is 81.4 Å². The van der Waals surface area contributed by atoms with Gasteiger partial charge in [0.1, 0.15) is 10.7 Å². The van der Waals surface area contributed by atoms with Gasteiger partial charge in [-0.15, -0.1) is 0 Å². The largest absolute Gasteiger partial charge is 0.398 e. The number of nitrogens with two attached hydrogens (primary N) is 1. The second-order valence-corrected chi connectivity index (χ2v) is 6.85. The van der Waals surface area contributed by atoms with Gasteiger partial charge in [-0.2, -0.15) is 0 Å². The van der Waals surface area contributed by atoms with Crippen LogP contribution in [-0.2, 0) is 14.8 Å². The fourth-order valence-electron chi connectivity index (χ4n) is 1.58. The van der Waals surface area contributed by atoms with E-state index >= 15 is 0 Å². The number of methoxy groups -OCH3 is 1. The lowest BCUT2D eigenvalue weighted by atomic mass is 10.2. The first-order valence-corrected chi connectivity index (χ1v) is 8.39. The number of nitrogens with one attached hydrogen (secondary N) is 1. The van der Waals surface area contributed by atoms with E-state index in [9.17, 15) is 12.8 Å². The zero-order chi connectivity index (χ0) is 15.2. The van der Waals surface area contributed by atoms with E-state index in [1.54, 1.807) is 7.11 Å². The molecule has 0 fully saturated rings. The molecule has 0 aliphatic heterocycles. The Morgan fingerprint density at radius 1 is 1.35 bits per heavy atom. The highest BCUT2D eigenvalue weighted by atomic mass is 79.9. The molecule has 0 saturated carbocycles. The van der Waals surface area contributed by atoms with Gasteiger partial charge in [-0.05, 0) is 47.3 Å². The van der Waals surface area contributed by atoms with Crippen molar-refractivity contribution in [3.8, 4) is 0 Å². The van der Waals surface area contributed by atoms with Crippen LogP contribution in [0.4, 0.5) is 10.1 Å². The average Bonchev–Trinajstić information content (AvgIpc) is 2.37. The van der Waals surface area contributed by atoms with Crippen molar-refractivity contribution in [1.29, 1.82) is 0 Å². The molecular formula is C12H18BrFN2O3S. The summed E-state index contributed by atoms with van der Waals surface area (Å²) in [5.74, 6) is -0.835. The smallest absolute Gasteiger partial charge is 0.243 e. The van der Waals surface area contributed by atoms with Crippen molar-refractivity contribution in [3.63, 3.8) is 0 Å². The summed E-state index contributed by atoms with van der Waals surface area (Å²) in [6.45, 7) is 0.895. The number of benzene rings is 1. The number of sulfonamides is 1. The molecule has 0 aliphatic carbocycles. The monoisotopic (exact) mass is 368 g/mol. The first kappa shape index (κ1) is 17.4. The Labute approximate surface area is 126 Å². The Bertz CT molecular complexity index is 552. The van der Waals surface area contributed by atoms with Gasteiger partial charge in [-0.25, -0.2) is 17.5 Å². The third-order valence-electron chi connectivity index (χ3n) is 2.66. The molecule has 1 rings (SSSR count). The average molecular weight is 369 g/mol. The molecule has 0 amide bonds. The number of rotatable bonds is 8. The van der Waals surface area contributed by atoms with Crippen LogP contribution < -0.4 is 10.5 Å². The molecule has 3 N–H and O–H groups in total. The summed E-state index contributed by atoms with van der Waals surface area (Å²) in [5.41, 5.74) is 5.75. The van der Waals surface area contributed by atoms with Gasteiger partial charge in [0, 0.05) is 30.4 Å². The van der Waals surface area contributed by atoms with Crippen LogP contribution in [0.25, 0.3) is 0 Å². The van der Waals surface area contributed by atoms with Crippen molar-refractivity contribution in [3.05, 3.63) is 22.4 Å². The first-order valence-electron chi connectivity index (χ1n) is 6.11. The Balaban J connectivity index is 2.63. The van der Waals surface area contributed by atoms with Crippen molar-refractivity contribution in [1.82, 2.24) is 4.72 Å². The standard InChI is InChI=1S/C12H18BrFN2O3S/c1-19-6-4-2-3-5-16-20(17,18)12-8-11(15)9(13)7-10(12)14/h7-8,16H,2-6,15H2,1H3. The number of hydrogen-bond acceptors (Lipinski definition) is 4. The second kappa shape index (κ2) is 7.92. The Morgan fingerprint density at radius 3 is 2.70 bits per heavy atom. The van der Waals surface area contributed by atoms with Crippen LogP contribution >= 0.6 is 15.9 Å². The number of ether oxygens (including phenoxy) is 1. The molecule has 1 aromatic carbocycles. The lowest BCUT2D eigenvalue weighted by Gasteiger charge is -2.09. The van der Waals surface area contributed by atoms with Crippen molar-refractivity contribution in [2.75, 3.05) is 26.0 Å². The summed E-state index contributed by atoms with van der Waals surface area (Å²) in [6.07, 6.45) is 2.36. The van der Waals surface area contributed by atoms with Crippen LogP contribution in [0, 0.1) is 5.82 Å². The minimum Gasteiger partial charge on any atom is -0.398 e.